The minimum absolute atomic E-state index is 0.223. The number of carbonyl (C=O) groups excluding carboxylic acids is 2. The Balaban J connectivity index is 1.61. The zero-order valence-corrected chi connectivity index (χ0v) is 16.5. The monoisotopic (exact) mass is 399 g/mol. The molecule has 0 unspecified atom stereocenters. The Labute approximate surface area is 166 Å². The zero-order valence-electron chi connectivity index (χ0n) is 15.7. The van der Waals surface area contributed by atoms with Crippen LogP contribution in [0.3, 0.4) is 0 Å². The molecule has 1 aliphatic rings. The second-order valence-electron chi connectivity index (χ2n) is 6.97. The summed E-state index contributed by atoms with van der Waals surface area (Å²) in [4.78, 5) is 26.6. The molecule has 4 rings (SSSR count). The van der Waals surface area contributed by atoms with E-state index < -0.39 is 0 Å². The SMILES string of the molecule is CC(C)OC(=O)c1c(NC(=O)c2cc(-c3ccco3)[nH]n2)sc2c1CCCC2. The van der Waals surface area contributed by atoms with Gasteiger partial charge in [-0.3, -0.25) is 9.89 Å². The number of aromatic nitrogens is 2. The summed E-state index contributed by atoms with van der Waals surface area (Å²) in [6.45, 7) is 3.63. The highest BCUT2D eigenvalue weighted by Crippen LogP contribution is 2.39. The van der Waals surface area contributed by atoms with Gasteiger partial charge in [0.05, 0.1) is 17.9 Å². The topological polar surface area (TPSA) is 97.2 Å². The highest BCUT2D eigenvalue weighted by atomic mass is 32.1. The molecule has 0 aliphatic heterocycles. The van der Waals surface area contributed by atoms with Gasteiger partial charge in [0.1, 0.15) is 10.7 Å². The van der Waals surface area contributed by atoms with E-state index in [-0.39, 0.29) is 23.7 Å². The summed E-state index contributed by atoms with van der Waals surface area (Å²) < 4.78 is 10.7. The van der Waals surface area contributed by atoms with E-state index in [0.717, 1.165) is 36.1 Å². The Morgan fingerprint density at radius 2 is 2.14 bits per heavy atom. The molecule has 1 amide bonds. The van der Waals surface area contributed by atoms with Gasteiger partial charge in [-0.2, -0.15) is 5.10 Å². The van der Waals surface area contributed by atoms with Crippen molar-refractivity contribution >= 4 is 28.2 Å². The van der Waals surface area contributed by atoms with Crippen LogP contribution in [0.25, 0.3) is 11.5 Å². The van der Waals surface area contributed by atoms with E-state index in [4.69, 9.17) is 9.15 Å². The molecule has 0 bridgehead atoms. The van der Waals surface area contributed by atoms with Gasteiger partial charge < -0.3 is 14.5 Å². The van der Waals surface area contributed by atoms with Crippen molar-refractivity contribution < 1.29 is 18.7 Å². The molecular weight excluding hydrogens is 378 g/mol. The molecule has 0 spiro atoms. The van der Waals surface area contributed by atoms with Crippen molar-refractivity contribution in [2.24, 2.45) is 0 Å². The maximum absolute atomic E-state index is 12.7. The number of nitrogens with zero attached hydrogens (tertiary/aromatic N) is 1. The Hall–Kier alpha value is -2.87. The maximum Gasteiger partial charge on any atom is 0.341 e. The van der Waals surface area contributed by atoms with Crippen LogP contribution < -0.4 is 5.32 Å². The lowest BCUT2D eigenvalue weighted by Crippen LogP contribution is -2.18. The van der Waals surface area contributed by atoms with Gasteiger partial charge in [0.25, 0.3) is 5.91 Å². The summed E-state index contributed by atoms with van der Waals surface area (Å²) in [7, 11) is 0. The molecule has 0 fully saturated rings. The van der Waals surface area contributed by atoms with Gasteiger partial charge in [0, 0.05) is 10.9 Å². The van der Waals surface area contributed by atoms with E-state index in [1.54, 1.807) is 24.5 Å². The fourth-order valence-corrected chi connectivity index (χ4v) is 4.58. The van der Waals surface area contributed by atoms with E-state index in [2.05, 4.69) is 15.5 Å². The molecule has 3 aromatic rings. The van der Waals surface area contributed by atoms with Crippen molar-refractivity contribution in [3.8, 4) is 11.5 Å². The summed E-state index contributed by atoms with van der Waals surface area (Å²) in [5, 5.41) is 10.3. The smallest absolute Gasteiger partial charge is 0.341 e. The third-order valence-corrected chi connectivity index (χ3v) is 5.75. The van der Waals surface area contributed by atoms with Crippen LogP contribution in [0.1, 0.15) is 58.0 Å². The highest BCUT2D eigenvalue weighted by molar-refractivity contribution is 7.17. The lowest BCUT2D eigenvalue weighted by Gasteiger charge is -2.14. The summed E-state index contributed by atoms with van der Waals surface area (Å²) in [5.41, 5.74) is 2.33. The number of aryl methyl sites for hydroxylation is 1. The molecule has 0 atom stereocenters. The molecule has 0 saturated heterocycles. The molecule has 0 saturated carbocycles. The molecule has 3 heterocycles. The van der Waals surface area contributed by atoms with Crippen LogP contribution in [0.15, 0.2) is 28.9 Å². The van der Waals surface area contributed by atoms with Crippen LogP contribution in [0, 0.1) is 0 Å². The van der Waals surface area contributed by atoms with E-state index in [9.17, 15) is 9.59 Å². The summed E-state index contributed by atoms with van der Waals surface area (Å²) in [5.74, 6) is -0.173. The summed E-state index contributed by atoms with van der Waals surface area (Å²) >= 11 is 1.46. The number of aromatic amines is 1. The number of carbonyl (C=O) groups is 2. The largest absolute Gasteiger partial charge is 0.463 e. The fraction of sp³-hybridized carbons (Fsp3) is 0.350. The first-order chi connectivity index (χ1) is 13.5. The highest BCUT2D eigenvalue weighted by Gasteiger charge is 2.28. The van der Waals surface area contributed by atoms with Crippen LogP contribution in [-0.4, -0.2) is 28.2 Å². The number of hydrogen-bond acceptors (Lipinski definition) is 6. The number of hydrogen-bond donors (Lipinski definition) is 2. The van der Waals surface area contributed by atoms with Crippen molar-refractivity contribution in [1.29, 1.82) is 0 Å². The van der Waals surface area contributed by atoms with Crippen LogP contribution in [0.5, 0.6) is 0 Å². The number of amides is 1. The van der Waals surface area contributed by atoms with Crippen molar-refractivity contribution in [3.05, 3.63) is 46.2 Å². The fourth-order valence-electron chi connectivity index (χ4n) is 3.31. The van der Waals surface area contributed by atoms with E-state index in [1.807, 2.05) is 13.8 Å². The first kappa shape index (κ1) is 18.5. The Kier molecular flexibility index (Phi) is 5.04. The van der Waals surface area contributed by atoms with Gasteiger partial charge in [-0.25, -0.2) is 4.79 Å². The predicted molar refractivity (Wildman–Crippen MR) is 106 cm³/mol. The molecule has 1 aliphatic carbocycles. The third-order valence-electron chi connectivity index (χ3n) is 4.54. The Morgan fingerprint density at radius 3 is 2.89 bits per heavy atom. The lowest BCUT2D eigenvalue weighted by molar-refractivity contribution is 0.0378. The van der Waals surface area contributed by atoms with Crippen LogP contribution in [0.2, 0.25) is 0 Å². The van der Waals surface area contributed by atoms with Crippen LogP contribution >= 0.6 is 11.3 Å². The molecule has 146 valence electrons. The van der Waals surface area contributed by atoms with Crippen molar-refractivity contribution in [2.75, 3.05) is 5.32 Å². The zero-order chi connectivity index (χ0) is 19.7. The van der Waals surface area contributed by atoms with Gasteiger partial charge in [-0.05, 0) is 57.2 Å². The van der Waals surface area contributed by atoms with Crippen LogP contribution in [0.4, 0.5) is 5.00 Å². The molecule has 2 N–H and O–H groups in total. The lowest BCUT2D eigenvalue weighted by atomic mass is 9.95. The number of fused-ring (bicyclic) bond motifs is 1. The Morgan fingerprint density at radius 1 is 1.32 bits per heavy atom. The van der Waals surface area contributed by atoms with E-state index >= 15 is 0 Å². The van der Waals surface area contributed by atoms with Gasteiger partial charge >= 0.3 is 5.97 Å². The number of H-pyrrole nitrogens is 1. The van der Waals surface area contributed by atoms with Crippen molar-refractivity contribution in [2.45, 2.75) is 45.6 Å². The quantitative estimate of drug-likeness (QED) is 0.619. The second kappa shape index (κ2) is 7.63. The number of rotatable bonds is 5. The molecular formula is C20H21N3O4S. The van der Waals surface area contributed by atoms with Crippen molar-refractivity contribution in [1.82, 2.24) is 10.2 Å². The number of thiophene rings is 1. The average molecular weight is 399 g/mol. The second-order valence-corrected chi connectivity index (χ2v) is 8.07. The van der Waals surface area contributed by atoms with Crippen molar-refractivity contribution in [3.63, 3.8) is 0 Å². The average Bonchev–Trinajstić information content (AvgIpc) is 3.39. The molecule has 3 aromatic heterocycles. The molecule has 8 heteroatoms. The molecule has 0 aromatic carbocycles. The molecule has 7 nitrogen and oxygen atoms in total. The number of esters is 1. The molecule has 28 heavy (non-hydrogen) atoms. The van der Waals surface area contributed by atoms with Gasteiger partial charge in [0.2, 0.25) is 0 Å². The van der Waals surface area contributed by atoms with Gasteiger partial charge in [0.15, 0.2) is 11.5 Å². The first-order valence-electron chi connectivity index (χ1n) is 9.29. The van der Waals surface area contributed by atoms with E-state index in [0.29, 0.717) is 22.0 Å². The minimum atomic E-state index is -0.386. The van der Waals surface area contributed by atoms with Gasteiger partial charge in [-0.15, -0.1) is 11.3 Å². The van der Waals surface area contributed by atoms with Crippen LogP contribution in [-0.2, 0) is 17.6 Å². The molecule has 0 radical (unpaired) electrons. The number of ether oxygens (including phenoxy) is 1. The number of furan rings is 1. The van der Waals surface area contributed by atoms with Gasteiger partial charge in [-0.1, -0.05) is 0 Å². The summed E-state index contributed by atoms with van der Waals surface area (Å²) in [6.07, 6.45) is 5.20. The first-order valence-corrected chi connectivity index (χ1v) is 10.1. The normalized spacial score (nSPS) is 13.4. The predicted octanol–water partition coefficient (Wildman–Crippen LogP) is 4.43. The maximum atomic E-state index is 12.7. The number of nitrogens with one attached hydrogen (secondary N) is 2. The summed E-state index contributed by atoms with van der Waals surface area (Å²) in [6, 6.07) is 5.16. The third kappa shape index (κ3) is 3.60. The van der Waals surface area contributed by atoms with E-state index in [1.165, 1.54) is 11.3 Å². The standard InChI is InChI=1S/C20H21N3O4S/c1-11(2)27-20(25)17-12-6-3-4-8-16(12)28-19(17)21-18(24)14-10-13(22-23-14)15-7-5-9-26-15/h5,7,9-11H,3-4,6,8H2,1-2H3,(H,21,24)(H,22,23). The Bertz CT molecular complexity index is 1000. The minimum Gasteiger partial charge on any atom is -0.463 e. The number of anilines is 1.